The van der Waals surface area contributed by atoms with E-state index in [0.717, 1.165) is 5.56 Å². The van der Waals surface area contributed by atoms with Gasteiger partial charge in [-0.25, -0.2) is 0 Å². The van der Waals surface area contributed by atoms with Crippen molar-refractivity contribution >= 4 is 17.1 Å². The smallest absolute Gasteiger partial charge is 0.294 e. The highest BCUT2D eigenvalue weighted by Crippen LogP contribution is 2.31. The first-order valence-electron chi connectivity index (χ1n) is 4.26. The van der Waals surface area contributed by atoms with Gasteiger partial charge in [-0.2, -0.15) is 0 Å². The van der Waals surface area contributed by atoms with Crippen molar-refractivity contribution in [3.63, 3.8) is 0 Å². The zero-order valence-electron chi connectivity index (χ0n) is 8.15. The van der Waals surface area contributed by atoms with Gasteiger partial charge in [0.1, 0.15) is 5.69 Å². The molecule has 5 nitrogen and oxygen atoms in total. The Hall–Kier alpha value is -1.78. The number of nitro benzene ring substituents is 1. The molecule has 0 aromatic heterocycles. The molecule has 5 heteroatoms. The van der Waals surface area contributed by atoms with Gasteiger partial charge in [0, 0.05) is 11.8 Å². The second kappa shape index (κ2) is 3.53. The summed E-state index contributed by atoms with van der Waals surface area (Å²) in [4.78, 5) is 9.99. The van der Waals surface area contributed by atoms with Crippen LogP contribution in [0.1, 0.15) is 25.3 Å². The van der Waals surface area contributed by atoms with E-state index in [1.807, 2.05) is 13.8 Å². The number of anilines is 2. The fourth-order valence-corrected chi connectivity index (χ4v) is 1.30. The first-order chi connectivity index (χ1) is 6.43. The largest absolute Gasteiger partial charge is 0.398 e. The van der Waals surface area contributed by atoms with Crippen LogP contribution >= 0.6 is 0 Å². The minimum absolute atomic E-state index is 0.132. The molecule has 0 saturated carbocycles. The van der Waals surface area contributed by atoms with E-state index in [0.29, 0.717) is 5.69 Å². The maximum Gasteiger partial charge on any atom is 0.294 e. The predicted molar refractivity (Wildman–Crippen MR) is 56.0 cm³/mol. The van der Waals surface area contributed by atoms with Crippen LogP contribution in [-0.4, -0.2) is 4.92 Å². The summed E-state index contributed by atoms with van der Waals surface area (Å²) in [6.07, 6.45) is 0. The molecule has 4 N–H and O–H groups in total. The van der Waals surface area contributed by atoms with Crippen LogP contribution in [0.2, 0.25) is 0 Å². The number of benzene rings is 1. The van der Waals surface area contributed by atoms with Gasteiger partial charge in [-0.1, -0.05) is 13.8 Å². The lowest BCUT2D eigenvalue weighted by Crippen LogP contribution is -2.02. The van der Waals surface area contributed by atoms with Crippen molar-refractivity contribution in [3.8, 4) is 0 Å². The average molecular weight is 195 g/mol. The maximum absolute atomic E-state index is 10.5. The van der Waals surface area contributed by atoms with E-state index >= 15 is 0 Å². The average Bonchev–Trinajstić information content (AvgIpc) is 2.07. The lowest BCUT2D eigenvalue weighted by Gasteiger charge is -2.10. The van der Waals surface area contributed by atoms with Gasteiger partial charge in [0.2, 0.25) is 0 Å². The van der Waals surface area contributed by atoms with Gasteiger partial charge in [-0.3, -0.25) is 10.1 Å². The monoisotopic (exact) mass is 195 g/mol. The molecule has 0 radical (unpaired) electrons. The third kappa shape index (κ3) is 1.76. The Labute approximate surface area is 81.9 Å². The number of rotatable bonds is 2. The first-order valence-corrected chi connectivity index (χ1v) is 4.26. The fourth-order valence-electron chi connectivity index (χ4n) is 1.30. The second-order valence-electron chi connectivity index (χ2n) is 3.45. The van der Waals surface area contributed by atoms with Crippen molar-refractivity contribution in [2.24, 2.45) is 0 Å². The molecule has 76 valence electrons. The van der Waals surface area contributed by atoms with Crippen LogP contribution in [-0.2, 0) is 0 Å². The number of nitro groups is 1. The van der Waals surface area contributed by atoms with Gasteiger partial charge in [0.15, 0.2) is 0 Å². The Morgan fingerprint density at radius 3 is 2.29 bits per heavy atom. The third-order valence-corrected chi connectivity index (χ3v) is 2.05. The van der Waals surface area contributed by atoms with E-state index in [-0.39, 0.29) is 17.3 Å². The van der Waals surface area contributed by atoms with E-state index in [1.165, 1.54) is 6.07 Å². The predicted octanol–water partition coefficient (Wildman–Crippen LogP) is 1.88. The standard InChI is InChI=1S/C9H13N3O2/c1-5(2)6-3-8(11)9(12(13)14)4-7(6)10/h3-5H,10-11H2,1-2H3. The summed E-state index contributed by atoms with van der Waals surface area (Å²) >= 11 is 0. The molecule has 0 unspecified atom stereocenters. The number of hydrogen-bond donors (Lipinski definition) is 2. The molecule has 0 atom stereocenters. The van der Waals surface area contributed by atoms with Crippen molar-refractivity contribution in [3.05, 3.63) is 27.8 Å². The van der Waals surface area contributed by atoms with Crippen LogP contribution in [0.25, 0.3) is 0 Å². The number of nitrogens with two attached hydrogens (primary N) is 2. The summed E-state index contributed by atoms with van der Waals surface area (Å²) in [5.74, 6) is 0.207. The Balaban J connectivity index is 3.31. The van der Waals surface area contributed by atoms with Gasteiger partial charge in [0.05, 0.1) is 4.92 Å². The molecule has 0 aliphatic carbocycles. The number of nitrogen functional groups attached to an aromatic ring is 2. The van der Waals surface area contributed by atoms with E-state index in [9.17, 15) is 10.1 Å². The third-order valence-electron chi connectivity index (χ3n) is 2.05. The molecule has 0 fully saturated rings. The number of hydrogen-bond acceptors (Lipinski definition) is 4. The van der Waals surface area contributed by atoms with Crippen LogP contribution in [0, 0.1) is 10.1 Å². The molecule has 1 aromatic carbocycles. The molecule has 0 aliphatic heterocycles. The van der Waals surface area contributed by atoms with E-state index in [2.05, 4.69) is 0 Å². The number of nitrogens with zero attached hydrogens (tertiary/aromatic N) is 1. The van der Waals surface area contributed by atoms with Crippen molar-refractivity contribution < 1.29 is 4.92 Å². The topological polar surface area (TPSA) is 95.2 Å². The van der Waals surface area contributed by atoms with Crippen LogP contribution in [0.15, 0.2) is 12.1 Å². The lowest BCUT2D eigenvalue weighted by atomic mass is 10.00. The molecule has 0 saturated heterocycles. The Bertz CT molecular complexity index is 375. The summed E-state index contributed by atoms with van der Waals surface area (Å²) in [6.45, 7) is 3.91. The molecule has 14 heavy (non-hydrogen) atoms. The minimum atomic E-state index is -0.532. The zero-order valence-corrected chi connectivity index (χ0v) is 8.15. The van der Waals surface area contributed by atoms with Crippen LogP contribution in [0.5, 0.6) is 0 Å². The normalized spacial score (nSPS) is 10.5. The molecule has 0 amide bonds. The van der Waals surface area contributed by atoms with Crippen molar-refractivity contribution in [2.45, 2.75) is 19.8 Å². The van der Waals surface area contributed by atoms with Gasteiger partial charge in [-0.15, -0.1) is 0 Å². The highest BCUT2D eigenvalue weighted by atomic mass is 16.6. The fraction of sp³-hybridized carbons (Fsp3) is 0.333. The minimum Gasteiger partial charge on any atom is -0.398 e. The van der Waals surface area contributed by atoms with Crippen molar-refractivity contribution in [1.82, 2.24) is 0 Å². The molecule has 1 aromatic rings. The summed E-state index contributed by atoms with van der Waals surface area (Å²) in [5.41, 5.74) is 12.5. The summed E-state index contributed by atoms with van der Waals surface area (Å²) in [5, 5.41) is 10.5. The molecule has 0 aliphatic rings. The van der Waals surface area contributed by atoms with Crippen LogP contribution in [0.3, 0.4) is 0 Å². The van der Waals surface area contributed by atoms with Crippen LogP contribution < -0.4 is 11.5 Å². The molecule has 0 bridgehead atoms. The Morgan fingerprint density at radius 1 is 1.29 bits per heavy atom. The highest BCUT2D eigenvalue weighted by molar-refractivity contribution is 5.68. The summed E-state index contributed by atoms with van der Waals surface area (Å²) in [6, 6.07) is 2.88. The Morgan fingerprint density at radius 2 is 1.86 bits per heavy atom. The summed E-state index contributed by atoms with van der Waals surface area (Å²) in [7, 11) is 0. The van der Waals surface area contributed by atoms with E-state index in [1.54, 1.807) is 6.07 Å². The van der Waals surface area contributed by atoms with E-state index < -0.39 is 4.92 Å². The molecule has 1 rings (SSSR count). The quantitative estimate of drug-likeness (QED) is 0.428. The Kier molecular flexibility index (Phi) is 2.60. The van der Waals surface area contributed by atoms with Crippen LogP contribution in [0.4, 0.5) is 17.1 Å². The molecular formula is C9H13N3O2. The molecule has 0 heterocycles. The second-order valence-corrected chi connectivity index (χ2v) is 3.45. The van der Waals surface area contributed by atoms with Gasteiger partial charge in [-0.05, 0) is 17.5 Å². The van der Waals surface area contributed by atoms with E-state index in [4.69, 9.17) is 11.5 Å². The van der Waals surface area contributed by atoms with Gasteiger partial charge >= 0.3 is 0 Å². The summed E-state index contributed by atoms with van der Waals surface area (Å²) < 4.78 is 0. The molecule has 0 spiro atoms. The van der Waals surface area contributed by atoms with Gasteiger partial charge < -0.3 is 11.5 Å². The first kappa shape index (κ1) is 10.3. The SMILES string of the molecule is CC(C)c1cc(N)c([N+](=O)[O-])cc1N. The molecular weight excluding hydrogens is 182 g/mol. The zero-order chi connectivity index (χ0) is 10.9. The van der Waals surface area contributed by atoms with Crippen molar-refractivity contribution in [1.29, 1.82) is 0 Å². The highest BCUT2D eigenvalue weighted by Gasteiger charge is 2.15. The van der Waals surface area contributed by atoms with Crippen molar-refractivity contribution in [2.75, 3.05) is 11.5 Å². The van der Waals surface area contributed by atoms with Gasteiger partial charge in [0.25, 0.3) is 5.69 Å². The lowest BCUT2D eigenvalue weighted by molar-refractivity contribution is -0.383. The maximum atomic E-state index is 10.5.